The fourth-order valence-electron chi connectivity index (χ4n) is 4.16. The van der Waals surface area contributed by atoms with Crippen molar-refractivity contribution in [2.75, 3.05) is 46.0 Å². The van der Waals surface area contributed by atoms with Gasteiger partial charge in [-0.05, 0) is 37.1 Å². The van der Waals surface area contributed by atoms with Crippen LogP contribution in [-0.2, 0) is 9.53 Å². The first kappa shape index (κ1) is 22.5. The smallest absolute Gasteiger partial charge is 0.256 e. The Labute approximate surface area is 192 Å². The molecular formula is C23H27ClN4O4. The monoisotopic (exact) mass is 458 g/mol. The topological polar surface area (TPSA) is 84.9 Å². The van der Waals surface area contributed by atoms with E-state index in [0.29, 0.717) is 81.6 Å². The molecular weight excluding hydrogens is 432 g/mol. The zero-order valence-corrected chi connectivity index (χ0v) is 18.7. The lowest BCUT2D eigenvalue weighted by molar-refractivity contribution is -0.139. The van der Waals surface area contributed by atoms with Crippen LogP contribution in [-0.4, -0.2) is 77.6 Å². The Bertz CT molecular complexity index is 911. The number of halogens is 1. The Morgan fingerprint density at radius 3 is 2.31 bits per heavy atom. The van der Waals surface area contributed by atoms with Crippen LogP contribution in [0.5, 0.6) is 5.75 Å². The average molecular weight is 459 g/mol. The molecule has 0 atom stereocenters. The molecule has 0 saturated carbocycles. The highest BCUT2D eigenvalue weighted by Gasteiger charge is 2.40. The van der Waals surface area contributed by atoms with E-state index in [0.717, 1.165) is 0 Å². The van der Waals surface area contributed by atoms with Gasteiger partial charge < -0.3 is 19.3 Å². The summed E-state index contributed by atoms with van der Waals surface area (Å²) >= 11 is 5.98. The molecule has 3 heterocycles. The van der Waals surface area contributed by atoms with Crippen molar-refractivity contribution in [1.82, 2.24) is 19.8 Å². The highest BCUT2D eigenvalue weighted by atomic mass is 35.5. The van der Waals surface area contributed by atoms with E-state index in [9.17, 15) is 9.59 Å². The molecule has 2 amide bonds. The van der Waals surface area contributed by atoms with E-state index < -0.39 is 0 Å². The van der Waals surface area contributed by atoms with Crippen LogP contribution in [0.3, 0.4) is 0 Å². The van der Waals surface area contributed by atoms with Crippen LogP contribution in [0.4, 0.5) is 0 Å². The SMILES string of the molecule is O=C(CC1(COc2ccc(Cl)cc2)CCN(C(=O)c2cncnc2)CC1)N1CCOCC1. The van der Waals surface area contributed by atoms with Crippen molar-refractivity contribution < 1.29 is 19.1 Å². The third-order valence-corrected chi connectivity index (χ3v) is 6.42. The number of amides is 2. The quantitative estimate of drug-likeness (QED) is 0.661. The zero-order valence-electron chi connectivity index (χ0n) is 17.9. The van der Waals surface area contributed by atoms with Gasteiger partial charge >= 0.3 is 0 Å². The number of benzene rings is 1. The molecule has 0 radical (unpaired) electrons. The zero-order chi connectivity index (χ0) is 22.4. The molecule has 0 spiro atoms. The predicted octanol–water partition coefficient (Wildman–Crippen LogP) is 2.68. The summed E-state index contributed by atoms with van der Waals surface area (Å²) < 4.78 is 11.5. The van der Waals surface area contributed by atoms with Crippen molar-refractivity contribution in [3.8, 4) is 5.75 Å². The van der Waals surface area contributed by atoms with Crippen LogP contribution in [0, 0.1) is 5.41 Å². The number of piperidine rings is 1. The molecule has 170 valence electrons. The van der Waals surface area contributed by atoms with E-state index in [1.54, 1.807) is 17.0 Å². The first-order chi connectivity index (χ1) is 15.5. The van der Waals surface area contributed by atoms with Crippen molar-refractivity contribution in [3.05, 3.63) is 53.6 Å². The largest absolute Gasteiger partial charge is 0.493 e. The molecule has 4 rings (SSSR count). The van der Waals surface area contributed by atoms with E-state index in [4.69, 9.17) is 21.1 Å². The molecule has 2 aromatic rings. The number of hydrogen-bond acceptors (Lipinski definition) is 6. The van der Waals surface area contributed by atoms with Gasteiger partial charge in [0.15, 0.2) is 0 Å². The average Bonchev–Trinajstić information content (AvgIpc) is 2.85. The molecule has 0 N–H and O–H groups in total. The number of carbonyl (C=O) groups is 2. The summed E-state index contributed by atoms with van der Waals surface area (Å²) in [4.78, 5) is 37.4. The fourth-order valence-corrected chi connectivity index (χ4v) is 4.29. The summed E-state index contributed by atoms with van der Waals surface area (Å²) in [6.45, 7) is 3.88. The van der Waals surface area contributed by atoms with E-state index in [2.05, 4.69) is 9.97 Å². The predicted molar refractivity (Wildman–Crippen MR) is 119 cm³/mol. The number of likely N-dealkylation sites (tertiary alicyclic amines) is 1. The van der Waals surface area contributed by atoms with Gasteiger partial charge in [0.2, 0.25) is 5.91 Å². The highest BCUT2D eigenvalue weighted by molar-refractivity contribution is 6.30. The van der Waals surface area contributed by atoms with Gasteiger partial charge in [-0.1, -0.05) is 11.6 Å². The number of ether oxygens (including phenoxy) is 2. The molecule has 1 aromatic carbocycles. The first-order valence-corrected chi connectivity index (χ1v) is 11.2. The maximum absolute atomic E-state index is 13.1. The second-order valence-electron chi connectivity index (χ2n) is 8.33. The summed E-state index contributed by atoms with van der Waals surface area (Å²) in [5, 5.41) is 0.645. The van der Waals surface area contributed by atoms with Gasteiger partial charge in [-0.15, -0.1) is 0 Å². The normalized spacial score (nSPS) is 18.3. The fraction of sp³-hybridized carbons (Fsp3) is 0.478. The van der Waals surface area contributed by atoms with Crippen molar-refractivity contribution >= 4 is 23.4 Å². The Morgan fingerprint density at radius 1 is 1.00 bits per heavy atom. The van der Waals surface area contributed by atoms with Crippen LogP contribution < -0.4 is 4.74 Å². The summed E-state index contributed by atoms with van der Waals surface area (Å²) in [5.74, 6) is 0.745. The molecule has 9 heteroatoms. The lowest BCUT2D eigenvalue weighted by atomic mass is 9.75. The van der Waals surface area contributed by atoms with Gasteiger partial charge in [0, 0.05) is 55.4 Å². The number of carbonyl (C=O) groups excluding carboxylic acids is 2. The summed E-state index contributed by atoms with van der Waals surface area (Å²) in [6, 6.07) is 7.22. The van der Waals surface area contributed by atoms with Gasteiger partial charge in [-0.2, -0.15) is 0 Å². The third kappa shape index (κ3) is 5.55. The molecule has 2 aliphatic heterocycles. The molecule has 2 saturated heterocycles. The minimum absolute atomic E-state index is 0.0858. The molecule has 2 fully saturated rings. The van der Waals surface area contributed by atoms with E-state index in [1.807, 2.05) is 17.0 Å². The first-order valence-electron chi connectivity index (χ1n) is 10.8. The maximum Gasteiger partial charge on any atom is 0.256 e. The van der Waals surface area contributed by atoms with Crippen LogP contribution in [0.25, 0.3) is 0 Å². The molecule has 2 aliphatic rings. The Kier molecular flexibility index (Phi) is 7.22. The minimum atomic E-state index is -0.348. The molecule has 0 unspecified atom stereocenters. The number of hydrogen-bond donors (Lipinski definition) is 0. The van der Waals surface area contributed by atoms with Crippen LogP contribution >= 0.6 is 11.6 Å². The van der Waals surface area contributed by atoms with Crippen molar-refractivity contribution in [3.63, 3.8) is 0 Å². The molecule has 0 bridgehead atoms. The second kappa shape index (κ2) is 10.3. The molecule has 8 nitrogen and oxygen atoms in total. The summed E-state index contributed by atoms with van der Waals surface area (Å²) in [7, 11) is 0. The number of aromatic nitrogens is 2. The van der Waals surface area contributed by atoms with Crippen LogP contribution in [0.1, 0.15) is 29.6 Å². The van der Waals surface area contributed by atoms with Gasteiger partial charge in [-0.3, -0.25) is 9.59 Å². The molecule has 1 aromatic heterocycles. The van der Waals surface area contributed by atoms with Crippen LogP contribution in [0.2, 0.25) is 5.02 Å². The third-order valence-electron chi connectivity index (χ3n) is 6.17. The van der Waals surface area contributed by atoms with Crippen molar-refractivity contribution in [1.29, 1.82) is 0 Å². The van der Waals surface area contributed by atoms with E-state index in [-0.39, 0.29) is 17.2 Å². The number of nitrogens with zero attached hydrogens (tertiary/aromatic N) is 4. The minimum Gasteiger partial charge on any atom is -0.493 e. The van der Waals surface area contributed by atoms with Crippen molar-refractivity contribution in [2.45, 2.75) is 19.3 Å². The van der Waals surface area contributed by atoms with Gasteiger partial charge in [0.05, 0.1) is 25.4 Å². The lowest BCUT2D eigenvalue weighted by Crippen LogP contribution is -2.49. The van der Waals surface area contributed by atoms with E-state index >= 15 is 0 Å². The lowest BCUT2D eigenvalue weighted by Gasteiger charge is -2.42. The number of rotatable bonds is 6. The molecule has 32 heavy (non-hydrogen) atoms. The second-order valence-corrected chi connectivity index (χ2v) is 8.77. The van der Waals surface area contributed by atoms with Gasteiger partial charge in [0.25, 0.3) is 5.91 Å². The highest BCUT2D eigenvalue weighted by Crippen LogP contribution is 2.37. The van der Waals surface area contributed by atoms with Gasteiger partial charge in [-0.25, -0.2) is 9.97 Å². The van der Waals surface area contributed by atoms with Crippen molar-refractivity contribution in [2.24, 2.45) is 5.41 Å². The molecule has 0 aliphatic carbocycles. The Hall–Kier alpha value is -2.71. The summed E-state index contributed by atoms with van der Waals surface area (Å²) in [5.41, 5.74) is 0.126. The van der Waals surface area contributed by atoms with E-state index in [1.165, 1.54) is 18.7 Å². The summed E-state index contributed by atoms with van der Waals surface area (Å²) in [6.07, 6.45) is 6.21. The Balaban J connectivity index is 1.44. The Morgan fingerprint density at radius 2 is 1.66 bits per heavy atom. The number of morpholine rings is 1. The van der Waals surface area contributed by atoms with Crippen LogP contribution in [0.15, 0.2) is 43.0 Å². The maximum atomic E-state index is 13.1. The standard InChI is InChI=1S/C23H27ClN4O4/c24-19-1-3-20(4-2-19)32-16-23(13-21(29)27-9-11-31-12-10-27)5-7-28(8-6-23)22(30)18-14-25-17-26-15-18/h1-4,14-15,17H,5-13,16H2. The van der Waals surface area contributed by atoms with Gasteiger partial charge in [0.1, 0.15) is 12.1 Å².